The predicted molar refractivity (Wildman–Crippen MR) is 108 cm³/mol. The molecule has 0 atom stereocenters. The Balaban J connectivity index is 1.74. The van der Waals surface area contributed by atoms with E-state index in [1.54, 1.807) is 21.1 Å². The first-order valence-electron chi connectivity index (χ1n) is 9.33. The number of benzene rings is 1. The summed E-state index contributed by atoms with van der Waals surface area (Å²) in [6.45, 7) is 3.17. The highest BCUT2D eigenvalue weighted by Gasteiger charge is 2.23. The van der Waals surface area contributed by atoms with Gasteiger partial charge in [-0.25, -0.2) is 9.97 Å². The molecule has 10 heteroatoms. The Morgan fingerprint density at radius 3 is 2.59 bits per heavy atom. The Hall–Kier alpha value is -2.72. The minimum absolute atomic E-state index is 0.0554. The molecule has 0 amide bonds. The van der Waals surface area contributed by atoms with Crippen LogP contribution >= 0.6 is 0 Å². The number of hydrogen-bond donors (Lipinski definition) is 1. The van der Waals surface area contributed by atoms with Gasteiger partial charge in [-0.2, -0.15) is 8.42 Å². The lowest BCUT2D eigenvalue weighted by Crippen LogP contribution is -2.18. The van der Waals surface area contributed by atoms with Crippen LogP contribution in [0.4, 0.5) is 5.82 Å². The van der Waals surface area contributed by atoms with Crippen LogP contribution in [-0.4, -0.2) is 48.3 Å². The van der Waals surface area contributed by atoms with Crippen molar-refractivity contribution in [3.8, 4) is 5.75 Å². The molecule has 0 radical (unpaired) electrons. The zero-order chi connectivity index (χ0) is 20.6. The molecule has 0 aliphatic carbocycles. The van der Waals surface area contributed by atoms with Crippen molar-refractivity contribution in [3.63, 3.8) is 0 Å². The van der Waals surface area contributed by atoms with Gasteiger partial charge in [0.05, 0.1) is 25.0 Å². The van der Waals surface area contributed by atoms with E-state index in [0.717, 1.165) is 23.9 Å². The Kier molecular flexibility index (Phi) is 5.13. The average Bonchev–Trinajstić information content (AvgIpc) is 3.07. The monoisotopic (exact) mass is 417 g/mol. The molecule has 0 spiro atoms. The highest BCUT2D eigenvalue weighted by atomic mass is 32.2. The molecule has 1 N–H and O–H groups in total. The summed E-state index contributed by atoms with van der Waals surface area (Å²) in [5, 5.41) is 0.0554. The highest BCUT2D eigenvalue weighted by molar-refractivity contribution is 7.92. The number of anilines is 1. The maximum Gasteiger partial charge on any atom is 0.280 e. The second-order valence-corrected chi connectivity index (χ2v) is 8.63. The van der Waals surface area contributed by atoms with E-state index >= 15 is 0 Å². The third-order valence-corrected chi connectivity index (χ3v) is 6.67. The van der Waals surface area contributed by atoms with Crippen molar-refractivity contribution in [2.75, 3.05) is 25.0 Å². The molecule has 3 aromatic rings. The van der Waals surface area contributed by atoms with Gasteiger partial charge in [0.1, 0.15) is 17.1 Å². The third kappa shape index (κ3) is 3.65. The number of aryl methyl sites for hydroxylation is 1. The summed E-state index contributed by atoms with van der Waals surface area (Å²) in [6, 6.07) is 3.86. The molecule has 9 nitrogen and oxygen atoms in total. The topological polar surface area (TPSA) is 108 Å². The van der Waals surface area contributed by atoms with E-state index < -0.39 is 10.0 Å². The maximum atomic E-state index is 12.8. The summed E-state index contributed by atoms with van der Waals surface area (Å²) in [4.78, 5) is 13.1. The van der Waals surface area contributed by atoms with Crippen molar-refractivity contribution in [2.24, 2.45) is 7.05 Å². The predicted octanol–water partition coefficient (Wildman–Crippen LogP) is 2.38. The summed E-state index contributed by atoms with van der Waals surface area (Å²) in [7, 11) is -0.651. The highest BCUT2D eigenvalue weighted by Crippen LogP contribution is 2.35. The zero-order valence-electron chi connectivity index (χ0n) is 16.5. The normalized spacial score (nSPS) is 15.6. The number of hydrogen-bond acceptors (Lipinski definition) is 7. The maximum absolute atomic E-state index is 12.8. The van der Waals surface area contributed by atoms with E-state index in [1.807, 2.05) is 12.1 Å². The molecule has 1 fully saturated rings. The molecule has 3 heterocycles. The third-order valence-electron chi connectivity index (χ3n) is 5.27. The van der Waals surface area contributed by atoms with Gasteiger partial charge in [0.2, 0.25) is 0 Å². The van der Waals surface area contributed by atoms with Crippen LogP contribution in [0, 0.1) is 6.92 Å². The van der Waals surface area contributed by atoms with Crippen LogP contribution in [0.3, 0.4) is 0 Å². The summed E-state index contributed by atoms with van der Waals surface area (Å²) >= 11 is 0. The van der Waals surface area contributed by atoms with Crippen molar-refractivity contribution in [2.45, 2.75) is 30.7 Å². The number of sulfonamides is 1. The molecule has 0 unspecified atom stereocenters. The number of rotatable bonds is 5. The lowest BCUT2D eigenvalue weighted by atomic mass is 9.90. The number of methoxy groups -OCH3 is 1. The zero-order valence-corrected chi connectivity index (χ0v) is 17.4. The first-order valence-corrected chi connectivity index (χ1v) is 10.8. The smallest absolute Gasteiger partial charge is 0.280 e. The standard InChI is InChI=1S/C19H23N5O4S/c1-12-20-11-17(24(12)2)29(25,26)23-16-10-21-18-14(13-6-8-28-9-7-13)4-5-15(27-3)19(18)22-16/h4-5,10-11,13H,6-9H2,1-3H3,(H,22,23). The van der Waals surface area contributed by atoms with E-state index in [1.165, 1.54) is 17.0 Å². The fourth-order valence-corrected chi connectivity index (χ4v) is 4.73. The van der Waals surface area contributed by atoms with Gasteiger partial charge in [-0.1, -0.05) is 6.07 Å². The van der Waals surface area contributed by atoms with Gasteiger partial charge >= 0.3 is 0 Å². The van der Waals surface area contributed by atoms with Gasteiger partial charge in [0.15, 0.2) is 10.8 Å². The second-order valence-electron chi connectivity index (χ2n) is 7.00. The number of ether oxygens (including phenoxy) is 2. The molecular weight excluding hydrogens is 394 g/mol. The van der Waals surface area contributed by atoms with Gasteiger partial charge < -0.3 is 14.0 Å². The number of imidazole rings is 1. The van der Waals surface area contributed by atoms with Gasteiger partial charge in [0, 0.05) is 20.3 Å². The van der Waals surface area contributed by atoms with Crippen molar-refractivity contribution in [1.29, 1.82) is 0 Å². The average molecular weight is 417 g/mol. The van der Waals surface area contributed by atoms with E-state index in [2.05, 4.69) is 19.7 Å². The molecule has 0 saturated carbocycles. The van der Waals surface area contributed by atoms with Crippen LogP contribution in [0.2, 0.25) is 0 Å². The number of nitrogens with one attached hydrogen (secondary N) is 1. The Labute approximate surface area is 169 Å². The molecule has 4 rings (SSSR count). The lowest BCUT2D eigenvalue weighted by Gasteiger charge is -2.23. The molecule has 154 valence electrons. The molecule has 1 aromatic carbocycles. The van der Waals surface area contributed by atoms with Gasteiger partial charge in [-0.3, -0.25) is 9.71 Å². The molecule has 1 saturated heterocycles. The van der Waals surface area contributed by atoms with Crippen molar-refractivity contribution < 1.29 is 17.9 Å². The lowest BCUT2D eigenvalue weighted by molar-refractivity contribution is 0.0855. The van der Waals surface area contributed by atoms with Crippen LogP contribution in [-0.2, 0) is 21.8 Å². The first kappa shape index (κ1) is 19.6. The fourth-order valence-electron chi connectivity index (χ4n) is 3.57. The van der Waals surface area contributed by atoms with Crippen LogP contribution in [0.15, 0.2) is 29.6 Å². The summed E-state index contributed by atoms with van der Waals surface area (Å²) in [5.41, 5.74) is 2.32. The minimum Gasteiger partial charge on any atom is -0.494 e. The van der Waals surface area contributed by atoms with E-state index in [0.29, 0.717) is 36.2 Å². The first-order chi connectivity index (χ1) is 13.9. The summed E-state index contributed by atoms with van der Waals surface area (Å²) in [5.74, 6) is 1.59. The van der Waals surface area contributed by atoms with E-state index in [-0.39, 0.29) is 10.8 Å². The van der Waals surface area contributed by atoms with E-state index in [4.69, 9.17) is 9.47 Å². The fraction of sp³-hybridized carbons (Fsp3) is 0.421. The Bertz CT molecular complexity index is 1150. The van der Waals surface area contributed by atoms with Gasteiger partial charge in [0.25, 0.3) is 10.0 Å². The Morgan fingerprint density at radius 1 is 1.17 bits per heavy atom. The SMILES string of the molecule is COc1ccc(C2CCOCC2)c2ncc(NS(=O)(=O)c3cnc(C)n3C)nc12. The number of fused-ring (bicyclic) bond motifs is 1. The second kappa shape index (κ2) is 7.60. The van der Waals surface area contributed by atoms with Crippen LogP contribution in [0.5, 0.6) is 5.75 Å². The van der Waals surface area contributed by atoms with Crippen molar-refractivity contribution in [3.05, 3.63) is 35.9 Å². The minimum atomic E-state index is -3.85. The van der Waals surface area contributed by atoms with Crippen molar-refractivity contribution in [1.82, 2.24) is 19.5 Å². The molecule has 29 heavy (non-hydrogen) atoms. The summed E-state index contributed by atoms with van der Waals surface area (Å²) in [6.07, 6.45) is 4.58. The molecular formula is C19H23N5O4S. The van der Waals surface area contributed by atoms with Crippen LogP contribution in [0.25, 0.3) is 11.0 Å². The number of nitrogens with zero attached hydrogens (tertiary/aromatic N) is 4. The molecule has 2 aromatic heterocycles. The van der Waals surface area contributed by atoms with Crippen LogP contribution < -0.4 is 9.46 Å². The molecule has 0 bridgehead atoms. The van der Waals surface area contributed by atoms with Gasteiger partial charge in [-0.05, 0) is 37.3 Å². The molecule has 1 aliphatic heterocycles. The van der Waals surface area contributed by atoms with Gasteiger partial charge in [-0.15, -0.1) is 0 Å². The van der Waals surface area contributed by atoms with Crippen molar-refractivity contribution >= 4 is 26.9 Å². The largest absolute Gasteiger partial charge is 0.494 e. The number of aromatic nitrogens is 4. The van der Waals surface area contributed by atoms with Crippen LogP contribution in [0.1, 0.15) is 30.1 Å². The summed E-state index contributed by atoms with van der Waals surface area (Å²) < 4.78 is 40.4. The van der Waals surface area contributed by atoms with E-state index in [9.17, 15) is 8.42 Å². The molecule has 1 aliphatic rings. The quantitative estimate of drug-likeness (QED) is 0.679. The Morgan fingerprint density at radius 2 is 1.93 bits per heavy atom.